The van der Waals surface area contributed by atoms with E-state index in [1.165, 1.54) is 40.7 Å². The molecule has 1 fully saturated rings. The number of piperidine rings is 1. The van der Waals surface area contributed by atoms with Crippen LogP contribution < -0.4 is 5.32 Å². The van der Waals surface area contributed by atoms with Gasteiger partial charge in [0.1, 0.15) is 11.6 Å². The predicted molar refractivity (Wildman–Crippen MR) is 106 cm³/mol. The topological polar surface area (TPSA) is 66.5 Å². The molecule has 0 saturated carbocycles. The minimum atomic E-state index is -3.52. The number of hydrogen-bond donors (Lipinski definition) is 1. The third-order valence-electron chi connectivity index (χ3n) is 5.21. The second-order valence-corrected chi connectivity index (χ2v) is 9.31. The summed E-state index contributed by atoms with van der Waals surface area (Å²) in [6.07, 6.45) is 0.870. The van der Waals surface area contributed by atoms with Crippen LogP contribution in [0.5, 0.6) is 0 Å². The summed E-state index contributed by atoms with van der Waals surface area (Å²) in [6.45, 7) is 2.37. The van der Waals surface area contributed by atoms with Crippen molar-refractivity contribution in [2.75, 3.05) is 13.1 Å². The maximum atomic E-state index is 13.0. The molecule has 2 aromatic rings. The van der Waals surface area contributed by atoms with Gasteiger partial charge in [-0.2, -0.15) is 0 Å². The fourth-order valence-corrected chi connectivity index (χ4v) is 5.01. The first-order valence-corrected chi connectivity index (χ1v) is 11.1. The van der Waals surface area contributed by atoms with Crippen LogP contribution in [0.3, 0.4) is 0 Å². The molecule has 0 unspecified atom stereocenters. The Morgan fingerprint density at radius 3 is 2.10 bits per heavy atom. The summed E-state index contributed by atoms with van der Waals surface area (Å²) in [5.74, 6) is -1.33. The Morgan fingerprint density at radius 1 is 1.03 bits per heavy atom. The quantitative estimate of drug-likeness (QED) is 0.776. The first kappa shape index (κ1) is 21.4. The first-order valence-electron chi connectivity index (χ1n) is 9.53. The molecule has 29 heavy (non-hydrogen) atoms. The number of benzene rings is 2. The molecule has 0 radical (unpaired) electrons. The van der Waals surface area contributed by atoms with Gasteiger partial charge < -0.3 is 5.32 Å². The summed E-state index contributed by atoms with van der Waals surface area (Å²) in [5.41, 5.74) is 1.33. The standard InChI is InChI=1S/C21H24F2N2O3S/c1-15(17-4-8-20(23)9-5-17)24-21(26)18-10-12-25(13-11-18)29(27,28)14-16-2-6-19(22)7-3-16/h2-9,15,18H,10-14H2,1H3,(H,24,26)/t15-/m1/s1. The fourth-order valence-electron chi connectivity index (χ4n) is 3.44. The van der Waals surface area contributed by atoms with Gasteiger partial charge in [-0.25, -0.2) is 21.5 Å². The number of halogens is 2. The van der Waals surface area contributed by atoms with Crippen LogP contribution >= 0.6 is 0 Å². The number of carbonyl (C=O) groups is 1. The highest BCUT2D eigenvalue weighted by Gasteiger charge is 2.31. The van der Waals surface area contributed by atoms with Crippen LogP contribution in [0.15, 0.2) is 48.5 Å². The maximum absolute atomic E-state index is 13.0. The van der Waals surface area contributed by atoms with E-state index in [1.807, 2.05) is 6.92 Å². The fraction of sp³-hybridized carbons (Fsp3) is 0.381. The van der Waals surface area contributed by atoms with Gasteiger partial charge in [0.2, 0.25) is 15.9 Å². The van der Waals surface area contributed by atoms with Gasteiger partial charge in [0.05, 0.1) is 11.8 Å². The maximum Gasteiger partial charge on any atom is 0.223 e. The van der Waals surface area contributed by atoms with Crippen LogP contribution in [0.25, 0.3) is 0 Å². The molecule has 8 heteroatoms. The third kappa shape index (κ3) is 5.61. The Balaban J connectivity index is 1.53. The van der Waals surface area contributed by atoms with Crippen molar-refractivity contribution in [2.45, 2.75) is 31.6 Å². The number of amides is 1. The van der Waals surface area contributed by atoms with Crippen LogP contribution in [0.2, 0.25) is 0 Å². The van der Waals surface area contributed by atoms with Gasteiger partial charge in [-0.15, -0.1) is 0 Å². The number of carbonyl (C=O) groups excluding carboxylic acids is 1. The Labute approximate surface area is 169 Å². The Bertz CT molecular complexity index is 939. The van der Waals surface area contributed by atoms with E-state index in [4.69, 9.17) is 0 Å². The minimum Gasteiger partial charge on any atom is -0.349 e. The second-order valence-electron chi connectivity index (χ2n) is 7.34. The predicted octanol–water partition coefficient (Wildman–Crippen LogP) is 3.38. The van der Waals surface area contributed by atoms with Crippen molar-refractivity contribution >= 4 is 15.9 Å². The zero-order valence-corrected chi connectivity index (χ0v) is 17.0. The average molecular weight is 422 g/mol. The van der Waals surface area contributed by atoms with Gasteiger partial charge in [-0.05, 0) is 55.2 Å². The van der Waals surface area contributed by atoms with Crippen LogP contribution in [0, 0.1) is 17.6 Å². The highest BCUT2D eigenvalue weighted by Crippen LogP contribution is 2.23. The lowest BCUT2D eigenvalue weighted by Crippen LogP contribution is -2.43. The van der Waals surface area contributed by atoms with Gasteiger partial charge in [0.15, 0.2) is 0 Å². The lowest BCUT2D eigenvalue weighted by molar-refractivity contribution is -0.126. The molecule has 3 rings (SSSR count). The van der Waals surface area contributed by atoms with Crippen molar-refractivity contribution in [1.82, 2.24) is 9.62 Å². The largest absolute Gasteiger partial charge is 0.349 e. The Morgan fingerprint density at radius 2 is 1.55 bits per heavy atom. The van der Waals surface area contributed by atoms with E-state index in [2.05, 4.69) is 5.32 Å². The molecule has 1 aliphatic rings. The normalized spacial score (nSPS) is 17.1. The van der Waals surface area contributed by atoms with E-state index in [0.717, 1.165) is 5.56 Å². The molecule has 1 amide bonds. The zero-order valence-electron chi connectivity index (χ0n) is 16.1. The summed E-state index contributed by atoms with van der Waals surface area (Å²) in [5, 5.41) is 2.92. The van der Waals surface area contributed by atoms with E-state index in [9.17, 15) is 22.0 Å². The number of hydrogen-bond acceptors (Lipinski definition) is 3. The van der Waals surface area contributed by atoms with Crippen molar-refractivity contribution in [3.63, 3.8) is 0 Å². The van der Waals surface area contributed by atoms with Gasteiger partial charge >= 0.3 is 0 Å². The van der Waals surface area contributed by atoms with E-state index in [0.29, 0.717) is 18.4 Å². The lowest BCUT2D eigenvalue weighted by atomic mass is 9.96. The summed E-state index contributed by atoms with van der Waals surface area (Å²) in [7, 11) is -3.52. The number of sulfonamides is 1. The summed E-state index contributed by atoms with van der Waals surface area (Å²) in [4.78, 5) is 12.5. The van der Waals surface area contributed by atoms with Crippen molar-refractivity contribution in [2.24, 2.45) is 5.92 Å². The monoisotopic (exact) mass is 422 g/mol. The van der Waals surface area contributed by atoms with E-state index in [-0.39, 0.29) is 42.5 Å². The summed E-state index contributed by atoms with van der Waals surface area (Å²) < 4.78 is 52.6. The van der Waals surface area contributed by atoms with Crippen molar-refractivity contribution < 1.29 is 22.0 Å². The molecule has 1 saturated heterocycles. The lowest BCUT2D eigenvalue weighted by Gasteiger charge is -2.31. The average Bonchev–Trinajstić information content (AvgIpc) is 2.70. The molecule has 1 N–H and O–H groups in total. The molecule has 1 heterocycles. The van der Waals surface area contributed by atoms with Crippen LogP contribution in [0.4, 0.5) is 8.78 Å². The first-order chi connectivity index (χ1) is 13.7. The second kappa shape index (κ2) is 9.00. The Kier molecular flexibility index (Phi) is 6.64. The molecule has 0 aliphatic carbocycles. The van der Waals surface area contributed by atoms with Gasteiger partial charge in [0.25, 0.3) is 0 Å². The van der Waals surface area contributed by atoms with Gasteiger partial charge in [-0.1, -0.05) is 24.3 Å². The van der Waals surface area contributed by atoms with Gasteiger partial charge in [-0.3, -0.25) is 4.79 Å². The molecule has 5 nitrogen and oxygen atoms in total. The van der Waals surface area contributed by atoms with Crippen molar-refractivity contribution in [3.05, 3.63) is 71.3 Å². The van der Waals surface area contributed by atoms with Crippen molar-refractivity contribution in [3.8, 4) is 0 Å². The molecule has 0 aromatic heterocycles. The highest BCUT2D eigenvalue weighted by atomic mass is 32.2. The smallest absolute Gasteiger partial charge is 0.223 e. The van der Waals surface area contributed by atoms with E-state index >= 15 is 0 Å². The van der Waals surface area contributed by atoms with Crippen LogP contribution in [-0.4, -0.2) is 31.7 Å². The minimum absolute atomic E-state index is 0.127. The molecule has 156 valence electrons. The molecule has 0 bridgehead atoms. The van der Waals surface area contributed by atoms with E-state index < -0.39 is 15.8 Å². The SMILES string of the molecule is C[C@@H](NC(=O)C1CCN(S(=O)(=O)Cc2ccc(F)cc2)CC1)c1ccc(F)cc1. The molecule has 2 aromatic carbocycles. The molecular weight excluding hydrogens is 398 g/mol. The molecule has 1 atom stereocenters. The van der Waals surface area contributed by atoms with Crippen LogP contribution in [0.1, 0.15) is 36.9 Å². The van der Waals surface area contributed by atoms with Crippen LogP contribution in [-0.2, 0) is 20.6 Å². The zero-order chi connectivity index (χ0) is 21.0. The number of nitrogens with zero attached hydrogens (tertiary/aromatic N) is 1. The van der Waals surface area contributed by atoms with E-state index in [1.54, 1.807) is 12.1 Å². The Hall–Kier alpha value is -2.32. The highest BCUT2D eigenvalue weighted by molar-refractivity contribution is 7.88. The number of nitrogens with one attached hydrogen (secondary N) is 1. The number of rotatable bonds is 6. The molecule has 0 spiro atoms. The molecular formula is C21H24F2N2O3S. The van der Waals surface area contributed by atoms with Gasteiger partial charge in [0, 0.05) is 19.0 Å². The molecule has 1 aliphatic heterocycles. The summed E-state index contributed by atoms with van der Waals surface area (Å²) >= 11 is 0. The van der Waals surface area contributed by atoms with Crippen molar-refractivity contribution in [1.29, 1.82) is 0 Å². The third-order valence-corrected chi connectivity index (χ3v) is 7.06. The summed E-state index contributed by atoms with van der Waals surface area (Å²) in [6, 6.07) is 11.1.